The molecule has 2 aromatic rings. The van der Waals surface area contributed by atoms with Crippen LogP contribution in [0.25, 0.3) is 0 Å². The fraction of sp³-hybridized carbons (Fsp3) is 0.167. The molecule has 0 saturated carbocycles. The third-order valence-corrected chi connectivity index (χ3v) is 4.31. The number of anilines is 1. The van der Waals surface area contributed by atoms with E-state index < -0.39 is 32.8 Å². The normalized spacial score (nSPS) is 11.2. The average molecular weight is 324 g/mol. The second kappa shape index (κ2) is 5.56. The second-order valence-corrected chi connectivity index (χ2v) is 6.21. The number of benzene rings is 1. The van der Waals surface area contributed by atoms with Crippen molar-refractivity contribution in [2.24, 2.45) is 12.2 Å². The van der Waals surface area contributed by atoms with Crippen LogP contribution >= 0.6 is 0 Å². The minimum absolute atomic E-state index is 0.0809. The molecule has 0 aliphatic rings. The van der Waals surface area contributed by atoms with Gasteiger partial charge in [-0.3, -0.25) is 19.1 Å². The van der Waals surface area contributed by atoms with Gasteiger partial charge in [0, 0.05) is 7.05 Å². The quantitative estimate of drug-likeness (QED) is 0.794. The first-order valence-corrected chi connectivity index (χ1v) is 7.50. The highest BCUT2D eigenvalue weighted by atomic mass is 32.2. The molecule has 0 unspecified atom stereocenters. The number of sulfonamides is 1. The summed E-state index contributed by atoms with van der Waals surface area (Å²) < 4.78 is 27.4. The number of nitrogens with zero attached hydrogens (tertiary/aromatic N) is 2. The van der Waals surface area contributed by atoms with E-state index in [0.717, 1.165) is 10.1 Å². The van der Waals surface area contributed by atoms with Gasteiger partial charge in [-0.05, 0) is 24.2 Å². The molecule has 22 heavy (non-hydrogen) atoms. The van der Waals surface area contributed by atoms with Crippen LogP contribution in [0.3, 0.4) is 0 Å². The molecule has 2 rings (SSSR count). The van der Waals surface area contributed by atoms with E-state index in [0.29, 0.717) is 0 Å². The van der Waals surface area contributed by atoms with Crippen LogP contribution < -0.4 is 16.0 Å². The lowest BCUT2D eigenvalue weighted by molar-refractivity contribution is 0.600. The van der Waals surface area contributed by atoms with Gasteiger partial charge in [-0.25, -0.2) is 13.2 Å². The van der Waals surface area contributed by atoms with E-state index in [9.17, 15) is 22.9 Å². The summed E-state index contributed by atoms with van der Waals surface area (Å²) in [5, 5.41) is 2.48. The summed E-state index contributed by atoms with van der Waals surface area (Å²) in [5.74, 6) is -0.496. The number of rotatable bonds is 4. The van der Waals surface area contributed by atoms with Crippen molar-refractivity contribution in [3.8, 4) is 0 Å². The molecule has 0 amide bonds. The Balaban J connectivity index is 2.60. The lowest BCUT2D eigenvalue weighted by Gasteiger charge is -2.12. The van der Waals surface area contributed by atoms with Crippen LogP contribution in [0.4, 0.5) is 11.5 Å². The van der Waals surface area contributed by atoms with Crippen molar-refractivity contribution < 1.29 is 8.42 Å². The third-order valence-electron chi connectivity index (χ3n) is 2.95. The van der Waals surface area contributed by atoms with Gasteiger partial charge in [0.05, 0.1) is 4.90 Å². The van der Waals surface area contributed by atoms with Gasteiger partial charge in [-0.1, -0.05) is 17.7 Å². The monoisotopic (exact) mass is 324 g/mol. The number of aryl methyl sites for hydroxylation is 1. The highest BCUT2D eigenvalue weighted by Gasteiger charge is 2.21. The highest BCUT2D eigenvalue weighted by molar-refractivity contribution is 7.92. The van der Waals surface area contributed by atoms with Crippen molar-refractivity contribution >= 4 is 21.5 Å². The standard InChI is InChI=1S/C12H12N4O5S/c1-7-3-5-8(6-4-7)22(20,21)15-10-9(14-19)11(17)13-12(18)16(10)2/h3-6,15H,1-2H3,(H,13,17,18). The summed E-state index contributed by atoms with van der Waals surface area (Å²) in [6, 6.07) is 5.89. The van der Waals surface area contributed by atoms with Crippen LogP contribution in [0.1, 0.15) is 5.56 Å². The van der Waals surface area contributed by atoms with Crippen LogP contribution in [0.5, 0.6) is 0 Å². The average Bonchev–Trinajstić information content (AvgIpc) is 2.45. The van der Waals surface area contributed by atoms with Crippen LogP contribution in [-0.2, 0) is 17.1 Å². The van der Waals surface area contributed by atoms with Gasteiger partial charge in [-0.2, -0.15) is 0 Å². The zero-order valence-corrected chi connectivity index (χ0v) is 12.5. The molecule has 9 nitrogen and oxygen atoms in total. The molecule has 116 valence electrons. The number of hydrogen-bond acceptors (Lipinski definition) is 6. The van der Waals surface area contributed by atoms with E-state index in [4.69, 9.17) is 0 Å². The molecule has 0 aliphatic carbocycles. The Labute approximate surface area is 124 Å². The van der Waals surface area contributed by atoms with Crippen molar-refractivity contribution in [3.05, 3.63) is 55.6 Å². The molecular formula is C12H12N4O5S. The van der Waals surface area contributed by atoms with Gasteiger partial charge < -0.3 is 0 Å². The van der Waals surface area contributed by atoms with Crippen molar-refractivity contribution in [1.82, 2.24) is 9.55 Å². The molecule has 0 spiro atoms. The van der Waals surface area contributed by atoms with E-state index in [1.54, 1.807) is 19.1 Å². The largest absolute Gasteiger partial charge is 0.329 e. The zero-order valence-electron chi connectivity index (χ0n) is 11.7. The fourth-order valence-corrected chi connectivity index (χ4v) is 2.81. The number of aromatic amines is 1. The number of nitrogens with one attached hydrogen (secondary N) is 2. The fourth-order valence-electron chi connectivity index (χ4n) is 1.71. The van der Waals surface area contributed by atoms with Crippen LogP contribution in [0, 0.1) is 11.8 Å². The molecule has 10 heteroatoms. The minimum Gasteiger partial charge on any atom is -0.280 e. The smallest absolute Gasteiger partial charge is 0.280 e. The maximum atomic E-state index is 12.3. The summed E-state index contributed by atoms with van der Waals surface area (Å²) in [6.07, 6.45) is 0. The molecule has 1 heterocycles. The Morgan fingerprint density at radius 2 is 1.77 bits per heavy atom. The lowest BCUT2D eigenvalue weighted by atomic mass is 10.2. The molecule has 1 aromatic carbocycles. The number of H-pyrrole nitrogens is 1. The van der Waals surface area contributed by atoms with E-state index in [2.05, 4.69) is 5.18 Å². The van der Waals surface area contributed by atoms with Gasteiger partial charge in [-0.15, -0.1) is 4.91 Å². The van der Waals surface area contributed by atoms with Crippen LogP contribution in [0.2, 0.25) is 0 Å². The SMILES string of the molecule is Cc1ccc(S(=O)(=O)Nc2c(N=O)c(=O)[nH]c(=O)n2C)cc1. The molecular weight excluding hydrogens is 312 g/mol. The van der Waals surface area contributed by atoms with Gasteiger partial charge in [0.25, 0.3) is 15.6 Å². The molecule has 0 radical (unpaired) electrons. The van der Waals surface area contributed by atoms with E-state index in [-0.39, 0.29) is 4.90 Å². The predicted molar refractivity (Wildman–Crippen MR) is 79.7 cm³/mol. The first-order valence-electron chi connectivity index (χ1n) is 6.02. The molecule has 0 bridgehead atoms. The molecule has 0 saturated heterocycles. The Morgan fingerprint density at radius 3 is 2.32 bits per heavy atom. The van der Waals surface area contributed by atoms with Gasteiger partial charge in [0.15, 0.2) is 5.82 Å². The van der Waals surface area contributed by atoms with Crippen LogP contribution in [0.15, 0.2) is 43.9 Å². The van der Waals surface area contributed by atoms with Crippen molar-refractivity contribution in [1.29, 1.82) is 0 Å². The Morgan fingerprint density at radius 1 is 1.18 bits per heavy atom. The molecule has 0 atom stereocenters. The van der Waals surface area contributed by atoms with Crippen molar-refractivity contribution in [2.45, 2.75) is 11.8 Å². The van der Waals surface area contributed by atoms with Crippen molar-refractivity contribution in [2.75, 3.05) is 4.72 Å². The summed E-state index contributed by atoms with van der Waals surface area (Å²) >= 11 is 0. The first kappa shape index (κ1) is 15.6. The number of aromatic nitrogens is 2. The molecule has 2 N–H and O–H groups in total. The Hall–Kier alpha value is -2.75. The molecule has 1 aromatic heterocycles. The van der Waals surface area contributed by atoms with Gasteiger partial charge in [0.1, 0.15) is 0 Å². The molecule has 0 aliphatic heterocycles. The third kappa shape index (κ3) is 2.81. The second-order valence-electron chi connectivity index (χ2n) is 4.53. The van der Waals surface area contributed by atoms with E-state index in [1.807, 2.05) is 9.71 Å². The number of nitroso groups, excluding NO2 is 1. The summed E-state index contributed by atoms with van der Waals surface area (Å²) in [4.78, 5) is 35.6. The van der Waals surface area contributed by atoms with Gasteiger partial charge in [0.2, 0.25) is 5.69 Å². The van der Waals surface area contributed by atoms with E-state index in [1.165, 1.54) is 19.2 Å². The Bertz CT molecular complexity index is 941. The van der Waals surface area contributed by atoms with Gasteiger partial charge >= 0.3 is 5.69 Å². The maximum Gasteiger partial charge on any atom is 0.329 e. The summed E-state index contributed by atoms with van der Waals surface area (Å²) in [5.41, 5.74) is -1.81. The van der Waals surface area contributed by atoms with E-state index >= 15 is 0 Å². The van der Waals surface area contributed by atoms with Crippen LogP contribution in [-0.4, -0.2) is 18.0 Å². The summed E-state index contributed by atoms with van der Waals surface area (Å²) in [7, 11) is -2.89. The minimum atomic E-state index is -4.08. The first-order chi connectivity index (χ1) is 10.3. The molecule has 0 fully saturated rings. The predicted octanol–water partition coefficient (Wildman–Crippen LogP) is 0.581. The maximum absolute atomic E-state index is 12.3. The number of hydrogen-bond donors (Lipinski definition) is 2. The highest BCUT2D eigenvalue weighted by Crippen LogP contribution is 2.21. The topological polar surface area (TPSA) is 130 Å². The zero-order chi connectivity index (χ0) is 16.5. The lowest BCUT2D eigenvalue weighted by Crippen LogP contribution is -2.31. The Kier molecular flexibility index (Phi) is 3.95. The summed E-state index contributed by atoms with van der Waals surface area (Å²) in [6.45, 7) is 1.79. The van der Waals surface area contributed by atoms with Crippen molar-refractivity contribution in [3.63, 3.8) is 0 Å².